The molecule has 0 spiro atoms. The van der Waals surface area contributed by atoms with E-state index >= 15 is 0 Å². The van der Waals surface area contributed by atoms with E-state index in [0.29, 0.717) is 18.7 Å². The van der Waals surface area contributed by atoms with Gasteiger partial charge in [0.2, 0.25) is 0 Å². The summed E-state index contributed by atoms with van der Waals surface area (Å²) >= 11 is 0. The third-order valence-corrected chi connectivity index (χ3v) is 3.98. The van der Waals surface area contributed by atoms with Crippen molar-refractivity contribution in [3.63, 3.8) is 0 Å². The molecule has 130 valence electrons. The fourth-order valence-electron chi connectivity index (χ4n) is 2.80. The molecule has 23 heavy (non-hydrogen) atoms. The minimum absolute atomic E-state index is 0.173. The fraction of sp³-hybridized carbons (Fsp3) is 0.647. The Morgan fingerprint density at radius 1 is 1.09 bits per heavy atom. The van der Waals surface area contributed by atoms with E-state index in [4.69, 9.17) is 4.74 Å². The molecule has 1 aromatic rings. The van der Waals surface area contributed by atoms with Crippen LogP contribution in [0.2, 0.25) is 0 Å². The number of nitrogens with zero attached hydrogens (tertiary/aromatic N) is 2. The van der Waals surface area contributed by atoms with Gasteiger partial charge in [0.05, 0.1) is 25.4 Å². The van der Waals surface area contributed by atoms with Crippen LogP contribution in [0.3, 0.4) is 0 Å². The van der Waals surface area contributed by atoms with Gasteiger partial charge in [-0.2, -0.15) is 0 Å². The summed E-state index contributed by atoms with van der Waals surface area (Å²) in [6.45, 7) is 6.95. The van der Waals surface area contributed by atoms with Crippen molar-refractivity contribution in [3.05, 3.63) is 35.6 Å². The zero-order valence-electron chi connectivity index (χ0n) is 13.7. The molecule has 1 aliphatic rings. The number of β-amino-alcohol motifs (C(OH)–C–C–N with tert-alkyl or cyclic N) is 2. The largest absolute Gasteiger partial charge is 0.392 e. The number of aliphatic hydroxyl groups is 2. The van der Waals surface area contributed by atoms with Crippen molar-refractivity contribution in [1.29, 1.82) is 0 Å². The maximum atomic E-state index is 13.4. The Kier molecular flexibility index (Phi) is 7.39. The van der Waals surface area contributed by atoms with Gasteiger partial charge in [-0.25, -0.2) is 4.39 Å². The highest BCUT2D eigenvalue weighted by Crippen LogP contribution is 2.08. The van der Waals surface area contributed by atoms with Crippen molar-refractivity contribution >= 4 is 0 Å². The molecule has 1 fully saturated rings. The smallest absolute Gasteiger partial charge is 0.128 e. The number of rotatable bonds is 8. The Labute approximate surface area is 137 Å². The molecule has 1 aliphatic heterocycles. The number of piperazine rings is 1. The first kappa shape index (κ1) is 18.3. The van der Waals surface area contributed by atoms with Gasteiger partial charge in [-0.05, 0) is 13.0 Å². The summed E-state index contributed by atoms with van der Waals surface area (Å²) in [5.41, 5.74) is 0.506. The van der Waals surface area contributed by atoms with Gasteiger partial charge in [-0.3, -0.25) is 9.80 Å². The van der Waals surface area contributed by atoms with Gasteiger partial charge in [0.1, 0.15) is 5.82 Å². The van der Waals surface area contributed by atoms with Gasteiger partial charge in [-0.1, -0.05) is 18.2 Å². The van der Waals surface area contributed by atoms with Crippen molar-refractivity contribution in [2.24, 2.45) is 0 Å². The molecule has 2 atom stereocenters. The predicted octanol–water partition coefficient (Wildman–Crippen LogP) is 0.702. The van der Waals surface area contributed by atoms with E-state index in [1.54, 1.807) is 25.1 Å². The summed E-state index contributed by atoms with van der Waals surface area (Å²) in [6, 6.07) is 6.50. The summed E-state index contributed by atoms with van der Waals surface area (Å²) in [7, 11) is 0. The van der Waals surface area contributed by atoms with Crippen LogP contribution in [0.15, 0.2) is 24.3 Å². The van der Waals surface area contributed by atoms with Crippen molar-refractivity contribution in [2.45, 2.75) is 25.7 Å². The second-order valence-corrected chi connectivity index (χ2v) is 6.21. The first-order valence-electron chi connectivity index (χ1n) is 8.16. The third kappa shape index (κ3) is 6.53. The minimum Gasteiger partial charge on any atom is -0.392 e. The van der Waals surface area contributed by atoms with Crippen LogP contribution < -0.4 is 0 Å². The van der Waals surface area contributed by atoms with Gasteiger partial charge >= 0.3 is 0 Å². The second-order valence-electron chi connectivity index (χ2n) is 6.21. The molecule has 5 nitrogen and oxygen atoms in total. The molecular weight excluding hydrogens is 299 g/mol. The van der Waals surface area contributed by atoms with E-state index in [2.05, 4.69) is 9.80 Å². The molecule has 0 amide bonds. The molecule has 1 aromatic carbocycles. The number of aliphatic hydroxyl groups excluding tert-OH is 2. The topological polar surface area (TPSA) is 56.2 Å². The zero-order chi connectivity index (χ0) is 16.7. The summed E-state index contributed by atoms with van der Waals surface area (Å²) in [5, 5.41) is 19.4. The Hall–Kier alpha value is -1.05. The van der Waals surface area contributed by atoms with Crippen LogP contribution in [0, 0.1) is 5.82 Å². The highest BCUT2D eigenvalue weighted by Gasteiger charge is 2.20. The quantitative estimate of drug-likeness (QED) is 0.737. The minimum atomic E-state index is -0.579. The van der Waals surface area contributed by atoms with Crippen LogP contribution in [0.1, 0.15) is 12.5 Å². The average molecular weight is 326 g/mol. The van der Waals surface area contributed by atoms with Crippen LogP contribution in [-0.4, -0.2) is 78.1 Å². The zero-order valence-corrected chi connectivity index (χ0v) is 13.7. The number of benzene rings is 1. The maximum absolute atomic E-state index is 13.4. The number of halogens is 1. The number of hydrogen-bond donors (Lipinski definition) is 2. The highest BCUT2D eigenvalue weighted by atomic mass is 19.1. The molecule has 0 radical (unpaired) electrons. The maximum Gasteiger partial charge on any atom is 0.128 e. The first-order valence-corrected chi connectivity index (χ1v) is 8.16. The van der Waals surface area contributed by atoms with Gasteiger partial charge in [0.25, 0.3) is 0 Å². The summed E-state index contributed by atoms with van der Waals surface area (Å²) in [5.74, 6) is -0.281. The van der Waals surface area contributed by atoms with Crippen molar-refractivity contribution in [2.75, 3.05) is 45.9 Å². The van der Waals surface area contributed by atoms with Crippen LogP contribution in [0.25, 0.3) is 0 Å². The van der Waals surface area contributed by atoms with E-state index in [9.17, 15) is 14.6 Å². The summed E-state index contributed by atoms with van der Waals surface area (Å²) in [4.78, 5) is 4.41. The average Bonchev–Trinajstić information content (AvgIpc) is 2.51. The third-order valence-electron chi connectivity index (χ3n) is 3.98. The van der Waals surface area contributed by atoms with Crippen LogP contribution >= 0.6 is 0 Å². The first-order chi connectivity index (χ1) is 11.0. The van der Waals surface area contributed by atoms with E-state index in [-0.39, 0.29) is 25.1 Å². The van der Waals surface area contributed by atoms with E-state index in [1.165, 1.54) is 6.07 Å². The molecule has 1 saturated heterocycles. The van der Waals surface area contributed by atoms with Gasteiger partial charge in [0.15, 0.2) is 0 Å². The summed E-state index contributed by atoms with van der Waals surface area (Å²) < 4.78 is 18.9. The molecule has 0 aromatic heterocycles. The van der Waals surface area contributed by atoms with Gasteiger partial charge in [0, 0.05) is 44.8 Å². The molecular formula is C17H27FN2O3. The lowest BCUT2D eigenvalue weighted by Crippen LogP contribution is -2.50. The lowest BCUT2D eigenvalue weighted by atomic mass is 10.2. The Morgan fingerprint density at radius 2 is 1.70 bits per heavy atom. The molecule has 0 bridgehead atoms. The number of ether oxygens (including phenoxy) is 1. The lowest BCUT2D eigenvalue weighted by Gasteiger charge is -2.36. The van der Waals surface area contributed by atoms with Gasteiger partial charge < -0.3 is 14.9 Å². The Morgan fingerprint density at radius 3 is 2.30 bits per heavy atom. The van der Waals surface area contributed by atoms with Crippen molar-refractivity contribution in [3.8, 4) is 0 Å². The number of hydrogen-bond acceptors (Lipinski definition) is 5. The molecule has 2 N–H and O–H groups in total. The SMILES string of the molecule is C[C@@H](O)CN1CCN(C[C@@H](O)COCc2ccccc2F)CC1. The monoisotopic (exact) mass is 326 g/mol. The second kappa shape index (κ2) is 9.30. The predicted molar refractivity (Wildman–Crippen MR) is 86.6 cm³/mol. The molecule has 2 rings (SSSR count). The molecule has 0 saturated carbocycles. The van der Waals surface area contributed by atoms with E-state index < -0.39 is 6.10 Å². The van der Waals surface area contributed by atoms with Crippen LogP contribution in [0.5, 0.6) is 0 Å². The molecule has 0 unspecified atom stereocenters. The lowest BCUT2D eigenvalue weighted by molar-refractivity contribution is -0.00198. The van der Waals surface area contributed by atoms with Crippen molar-refractivity contribution < 1.29 is 19.3 Å². The van der Waals surface area contributed by atoms with Crippen LogP contribution in [0.4, 0.5) is 4.39 Å². The van der Waals surface area contributed by atoms with Crippen molar-refractivity contribution in [1.82, 2.24) is 9.80 Å². The van der Waals surface area contributed by atoms with E-state index in [1.807, 2.05) is 0 Å². The van der Waals surface area contributed by atoms with Gasteiger partial charge in [-0.15, -0.1) is 0 Å². The molecule has 0 aliphatic carbocycles. The van der Waals surface area contributed by atoms with E-state index in [0.717, 1.165) is 26.2 Å². The highest BCUT2D eigenvalue weighted by molar-refractivity contribution is 5.16. The normalized spacial score (nSPS) is 19.7. The summed E-state index contributed by atoms with van der Waals surface area (Å²) in [6.07, 6.45) is -0.885. The Balaban J connectivity index is 1.62. The standard InChI is InChI=1S/C17H27FN2O3/c1-14(21)10-19-6-8-20(9-7-19)11-16(22)13-23-12-15-4-2-3-5-17(15)18/h2-5,14,16,21-22H,6-13H2,1H3/t14-,16-/m1/s1. The Bertz CT molecular complexity index is 465. The molecule has 6 heteroatoms. The molecule has 1 heterocycles. The fourth-order valence-corrected chi connectivity index (χ4v) is 2.80. The van der Waals surface area contributed by atoms with Crippen LogP contribution in [-0.2, 0) is 11.3 Å².